The summed E-state index contributed by atoms with van der Waals surface area (Å²) < 4.78 is 16.4. The summed E-state index contributed by atoms with van der Waals surface area (Å²) in [6, 6.07) is 0. The van der Waals surface area contributed by atoms with Gasteiger partial charge in [-0.2, -0.15) is 0 Å². The van der Waals surface area contributed by atoms with E-state index in [1.165, 1.54) is 6.92 Å². The number of ether oxygens (including phenoxy) is 3. The van der Waals surface area contributed by atoms with Crippen molar-refractivity contribution >= 4 is 17.7 Å². The zero-order chi connectivity index (χ0) is 14.6. The van der Waals surface area contributed by atoms with E-state index in [9.17, 15) is 14.4 Å². The van der Waals surface area contributed by atoms with Crippen LogP contribution in [-0.4, -0.2) is 42.1 Å². The van der Waals surface area contributed by atoms with E-state index in [0.717, 1.165) is 0 Å². The Hall–Kier alpha value is -1.43. The van der Waals surface area contributed by atoms with E-state index in [1.807, 2.05) is 6.92 Å². The van der Waals surface area contributed by atoms with Gasteiger partial charge in [0, 0.05) is 0 Å². The van der Waals surface area contributed by atoms with Crippen LogP contribution in [0.5, 0.6) is 0 Å². The van der Waals surface area contributed by atoms with E-state index in [1.54, 1.807) is 6.92 Å². The third kappa shape index (κ3) is 1.70. The Labute approximate surface area is 116 Å². The van der Waals surface area contributed by atoms with E-state index in [0.29, 0.717) is 6.42 Å². The molecule has 0 aliphatic carbocycles. The van der Waals surface area contributed by atoms with Gasteiger partial charge in [0.1, 0.15) is 18.0 Å². The average Bonchev–Trinajstić information content (AvgIpc) is 3.00. The van der Waals surface area contributed by atoms with Crippen molar-refractivity contribution in [3.05, 3.63) is 0 Å². The predicted octanol–water partition coefficient (Wildman–Crippen LogP) is 0.472. The monoisotopic (exact) mass is 282 g/mol. The Balaban J connectivity index is 1.82. The third-order valence-electron chi connectivity index (χ3n) is 4.64. The van der Waals surface area contributed by atoms with Crippen molar-refractivity contribution in [3.8, 4) is 0 Å². The standard InChI is InChI=1S/C14H18O6/c1-4-5(2)13(16)19-11-9-7(6(3)15)8-10(18-9)12(11)20-14(8)17/h5,7-12H,4H2,1-3H3. The van der Waals surface area contributed by atoms with E-state index in [-0.39, 0.29) is 17.7 Å². The SMILES string of the molecule is CCC(C)C(=O)OC1C2OC(=O)C3C2OC1C3C(C)=O. The smallest absolute Gasteiger partial charge is 0.313 e. The van der Waals surface area contributed by atoms with Crippen LogP contribution in [0, 0.1) is 17.8 Å². The van der Waals surface area contributed by atoms with Crippen LogP contribution in [0.4, 0.5) is 0 Å². The summed E-state index contributed by atoms with van der Waals surface area (Å²) in [5.41, 5.74) is 0. The highest BCUT2D eigenvalue weighted by atomic mass is 16.7. The minimum Gasteiger partial charge on any atom is -0.455 e. The lowest BCUT2D eigenvalue weighted by atomic mass is 9.76. The quantitative estimate of drug-likeness (QED) is 0.697. The van der Waals surface area contributed by atoms with Crippen LogP contribution in [-0.2, 0) is 28.6 Å². The largest absolute Gasteiger partial charge is 0.455 e. The molecular weight excluding hydrogens is 264 g/mol. The molecule has 7 atom stereocenters. The predicted molar refractivity (Wildman–Crippen MR) is 65.5 cm³/mol. The minimum absolute atomic E-state index is 0.121. The Bertz CT molecular complexity index is 472. The lowest BCUT2D eigenvalue weighted by molar-refractivity contribution is -0.164. The molecule has 3 aliphatic heterocycles. The molecule has 3 saturated heterocycles. The van der Waals surface area contributed by atoms with Crippen molar-refractivity contribution in [2.75, 3.05) is 0 Å². The molecular formula is C14H18O6. The fourth-order valence-corrected chi connectivity index (χ4v) is 3.36. The van der Waals surface area contributed by atoms with Gasteiger partial charge in [-0.15, -0.1) is 0 Å². The number of fused-ring (bicyclic) bond motifs is 1. The first-order chi connectivity index (χ1) is 9.45. The molecule has 2 bridgehead atoms. The maximum Gasteiger partial charge on any atom is 0.313 e. The third-order valence-corrected chi connectivity index (χ3v) is 4.64. The zero-order valence-electron chi connectivity index (χ0n) is 11.7. The van der Waals surface area contributed by atoms with Crippen molar-refractivity contribution in [1.82, 2.24) is 0 Å². The summed E-state index contributed by atoms with van der Waals surface area (Å²) in [6.07, 6.45) is -1.54. The number of carbonyl (C=O) groups is 3. The first kappa shape index (κ1) is 13.5. The number of esters is 2. The second-order valence-electron chi connectivity index (χ2n) is 5.84. The van der Waals surface area contributed by atoms with Crippen molar-refractivity contribution in [2.45, 2.75) is 51.6 Å². The van der Waals surface area contributed by atoms with Crippen LogP contribution < -0.4 is 0 Å². The minimum atomic E-state index is -0.655. The van der Waals surface area contributed by atoms with Gasteiger partial charge < -0.3 is 14.2 Å². The van der Waals surface area contributed by atoms with Crippen LogP contribution in [0.2, 0.25) is 0 Å². The van der Waals surface area contributed by atoms with Crippen LogP contribution in [0.3, 0.4) is 0 Å². The van der Waals surface area contributed by atoms with Crippen LogP contribution in [0.25, 0.3) is 0 Å². The van der Waals surface area contributed by atoms with Crippen LogP contribution >= 0.6 is 0 Å². The van der Waals surface area contributed by atoms with Gasteiger partial charge in [-0.25, -0.2) is 0 Å². The van der Waals surface area contributed by atoms with Gasteiger partial charge in [-0.3, -0.25) is 14.4 Å². The summed E-state index contributed by atoms with van der Waals surface area (Å²) in [7, 11) is 0. The molecule has 3 heterocycles. The normalized spacial score (nSPS) is 42.5. The van der Waals surface area contributed by atoms with Crippen LogP contribution in [0.15, 0.2) is 0 Å². The van der Waals surface area contributed by atoms with Crippen molar-refractivity contribution < 1.29 is 28.6 Å². The summed E-state index contributed by atoms with van der Waals surface area (Å²) in [6.45, 7) is 5.11. The van der Waals surface area contributed by atoms with E-state index >= 15 is 0 Å². The van der Waals surface area contributed by atoms with Crippen molar-refractivity contribution in [1.29, 1.82) is 0 Å². The number of hydrogen-bond acceptors (Lipinski definition) is 6. The Morgan fingerprint density at radius 3 is 2.60 bits per heavy atom. The van der Waals surface area contributed by atoms with Gasteiger partial charge >= 0.3 is 11.9 Å². The number of rotatable bonds is 4. The van der Waals surface area contributed by atoms with Crippen molar-refractivity contribution in [2.24, 2.45) is 17.8 Å². The van der Waals surface area contributed by atoms with Gasteiger partial charge in [-0.05, 0) is 13.3 Å². The van der Waals surface area contributed by atoms with E-state index in [2.05, 4.69) is 0 Å². The molecule has 7 unspecified atom stereocenters. The van der Waals surface area contributed by atoms with Gasteiger partial charge in [-0.1, -0.05) is 13.8 Å². The zero-order valence-corrected chi connectivity index (χ0v) is 11.7. The molecule has 3 rings (SSSR count). The Morgan fingerprint density at radius 2 is 2.00 bits per heavy atom. The lowest BCUT2D eigenvalue weighted by Crippen LogP contribution is -2.47. The molecule has 3 fully saturated rings. The molecule has 0 aromatic heterocycles. The molecule has 0 spiro atoms. The number of Topliss-reactive ketones (excluding diaryl/α,β-unsaturated/α-hetero) is 1. The molecule has 0 saturated carbocycles. The Kier molecular flexibility index (Phi) is 3.08. The Morgan fingerprint density at radius 1 is 1.30 bits per heavy atom. The molecule has 3 aliphatic rings. The number of hydrogen-bond donors (Lipinski definition) is 0. The maximum atomic E-state index is 11.9. The summed E-state index contributed by atoms with van der Waals surface area (Å²) in [5.74, 6) is -2.18. The highest BCUT2D eigenvalue weighted by molar-refractivity contribution is 5.89. The molecule has 6 nitrogen and oxygen atoms in total. The van der Waals surface area contributed by atoms with E-state index < -0.39 is 42.2 Å². The topological polar surface area (TPSA) is 78.9 Å². The lowest BCUT2D eigenvalue weighted by Gasteiger charge is -2.27. The molecule has 110 valence electrons. The first-order valence-electron chi connectivity index (χ1n) is 7.02. The second kappa shape index (κ2) is 4.55. The van der Waals surface area contributed by atoms with Crippen molar-refractivity contribution in [3.63, 3.8) is 0 Å². The molecule has 0 aromatic rings. The molecule has 6 heteroatoms. The van der Waals surface area contributed by atoms with E-state index in [4.69, 9.17) is 14.2 Å². The first-order valence-corrected chi connectivity index (χ1v) is 7.02. The summed E-state index contributed by atoms with van der Waals surface area (Å²) >= 11 is 0. The van der Waals surface area contributed by atoms with Crippen LogP contribution in [0.1, 0.15) is 27.2 Å². The average molecular weight is 282 g/mol. The number of carbonyl (C=O) groups excluding carboxylic acids is 3. The molecule has 0 aromatic carbocycles. The summed E-state index contributed by atoms with van der Waals surface area (Å²) in [4.78, 5) is 35.5. The van der Waals surface area contributed by atoms with Gasteiger partial charge in [0.15, 0.2) is 12.2 Å². The number of ketones is 1. The highest BCUT2D eigenvalue weighted by Gasteiger charge is 2.70. The molecule has 20 heavy (non-hydrogen) atoms. The van der Waals surface area contributed by atoms with Gasteiger partial charge in [0.2, 0.25) is 0 Å². The fraction of sp³-hybridized carbons (Fsp3) is 0.786. The second-order valence-corrected chi connectivity index (χ2v) is 5.84. The molecule has 0 radical (unpaired) electrons. The van der Waals surface area contributed by atoms with Gasteiger partial charge in [0.05, 0.1) is 17.8 Å². The van der Waals surface area contributed by atoms with Gasteiger partial charge in [0.25, 0.3) is 0 Å². The summed E-state index contributed by atoms with van der Waals surface area (Å²) in [5, 5.41) is 0. The fourth-order valence-electron chi connectivity index (χ4n) is 3.36. The molecule has 0 N–H and O–H groups in total. The maximum absolute atomic E-state index is 11.9. The highest BCUT2D eigenvalue weighted by Crippen LogP contribution is 2.51. The molecule has 0 amide bonds.